The van der Waals surface area contributed by atoms with Gasteiger partial charge >= 0.3 is 0 Å². The molecule has 3 atom stereocenters. The Kier molecular flexibility index (Phi) is 3.66. The zero-order valence-corrected chi connectivity index (χ0v) is 12.2. The Balaban J connectivity index is 1.64. The fourth-order valence-corrected chi connectivity index (χ4v) is 4.32. The van der Waals surface area contributed by atoms with Gasteiger partial charge in [-0.15, -0.1) is 10.2 Å². The molecule has 18 heavy (non-hydrogen) atoms. The third-order valence-electron chi connectivity index (χ3n) is 4.40. The minimum absolute atomic E-state index is 0.409. The predicted octanol–water partition coefficient (Wildman–Crippen LogP) is 3.50. The van der Waals surface area contributed by atoms with Gasteiger partial charge in [-0.25, -0.2) is 0 Å². The summed E-state index contributed by atoms with van der Waals surface area (Å²) in [5.74, 6) is 2.79. The van der Waals surface area contributed by atoms with E-state index in [1.165, 1.54) is 35.7 Å². The van der Waals surface area contributed by atoms with E-state index in [4.69, 9.17) is 0 Å². The third kappa shape index (κ3) is 2.45. The van der Waals surface area contributed by atoms with Crippen LogP contribution in [0.25, 0.3) is 0 Å². The Morgan fingerprint density at radius 1 is 1.22 bits per heavy atom. The lowest BCUT2D eigenvalue weighted by Gasteiger charge is -2.12. The van der Waals surface area contributed by atoms with Crippen molar-refractivity contribution in [3.05, 3.63) is 10.0 Å². The van der Waals surface area contributed by atoms with E-state index in [0.29, 0.717) is 6.04 Å². The number of nitrogens with zero attached hydrogens (tertiary/aromatic N) is 2. The second-order valence-electron chi connectivity index (χ2n) is 5.82. The number of rotatable bonds is 6. The number of fused-ring (bicyclic) bond motifs is 1. The van der Waals surface area contributed by atoms with Crippen LogP contribution in [0.1, 0.15) is 67.9 Å². The first kappa shape index (κ1) is 12.5. The second kappa shape index (κ2) is 5.25. The molecule has 0 radical (unpaired) electrons. The van der Waals surface area contributed by atoms with Gasteiger partial charge in [0.2, 0.25) is 0 Å². The van der Waals surface area contributed by atoms with Gasteiger partial charge in [0.25, 0.3) is 0 Å². The van der Waals surface area contributed by atoms with E-state index in [1.54, 1.807) is 0 Å². The topological polar surface area (TPSA) is 37.8 Å². The van der Waals surface area contributed by atoms with Crippen molar-refractivity contribution in [2.45, 2.75) is 57.9 Å². The highest BCUT2D eigenvalue weighted by Crippen LogP contribution is 2.57. The lowest BCUT2D eigenvalue weighted by atomic mass is 10.1. The van der Waals surface area contributed by atoms with Gasteiger partial charge in [-0.1, -0.05) is 25.2 Å². The summed E-state index contributed by atoms with van der Waals surface area (Å²) in [4.78, 5) is 0. The quantitative estimate of drug-likeness (QED) is 0.855. The highest BCUT2D eigenvalue weighted by molar-refractivity contribution is 7.11. The molecule has 1 heterocycles. The highest BCUT2D eigenvalue weighted by Gasteiger charge is 2.47. The summed E-state index contributed by atoms with van der Waals surface area (Å²) in [6.07, 6.45) is 6.51. The average molecular weight is 265 g/mol. The van der Waals surface area contributed by atoms with Crippen LogP contribution in [0.15, 0.2) is 0 Å². The zero-order chi connectivity index (χ0) is 12.5. The van der Waals surface area contributed by atoms with Crippen LogP contribution < -0.4 is 5.32 Å². The molecule has 3 rings (SSSR count). The van der Waals surface area contributed by atoms with E-state index in [0.717, 1.165) is 30.7 Å². The third-order valence-corrected chi connectivity index (χ3v) is 5.60. The zero-order valence-electron chi connectivity index (χ0n) is 11.4. The van der Waals surface area contributed by atoms with Gasteiger partial charge in [-0.2, -0.15) is 0 Å². The standard InChI is InChI=1S/C14H23N3S/c1-3-5-15-12(4-2)14-17-16-13(18-14)11-7-9-6-10(9)8-11/h9-12,15H,3-8H2,1-2H3. The molecule has 4 heteroatoms. The molecule has 2 aliphatic rings. The highest BCUT2D eigenvalue weighted by atomic mass is 32.1. The molecule has 0 aromatic carbocycles. The van der Waals surface area contributed by atoms with Gasteiger partial charge in [0.15, 0.2) is 0 Å². The molecule has 0 bridgehead atoms. The van der Waals surface area contributed by atoms with Crippen LogP contribution in [-0.2, 0) is 0 Å². The van der Waals surface area contributed by atoms with Crippen LogP contribution in [-0.4, -0.2) is 16.7 Å². The molecule has 1 aromatic rings. The monoisotopic (exact) mass is 265 g/mol. The lowest BCUT2D eigenvalue weighted by Crippen LogP contribution is -2.21. The molecular formula is C14H23N3S. The van der Waals surface area contributed by atoms with Crippen molar-refractivity contribution < 1.29 is 0 Å². The first-order valence-electron chi connectivity index (χ1n) is 7.38. The first-order valence-corrected chi connectivity index (χ1v) is 8.20. The van der Waals surface area contributed by atoms with Gasteiger partial charge in [0.05, 0.1) is 6.04 Å². The summed E-state index contributed by atoms with van der Waals surface area (Å²) in [5.41, 5.74) is 0. The molecule has 0 aliphatic heterocycles. The predicted molar refractivity (Wildman–Crippen MR) is 74.8 cm³/mol. The van der Waals surface area contributed by atoms with E-state index in [2.05, 4.69) is 29.4 Å². The molecule has 3 unspecified atom stereocenters. The second-order valence-corrected chi connectivity index (χ2v) is 6.86. The normalized spacial score (nSPS) is 31.3. The van der Waals surface area contributed by atoms with E-state index in [9.17, 15) is 0 Å². The molecule has 2 saturated carbocycles. The molecule has 100 valence electrons. The lowest BCUT2D eigenvalue weighted by molar-refractivity contribution is 0.512. The molecule has 0 saturated heterocycles. The van der Waals surface area contributed by atoms with Crippen molar-refractivity contribution in [1.29, 1.82) is 0 Å². The Labute approximate surface area is 113 Å². The number of aromatic nitrogens is 2. The number of hydrogen-bond acceptors (Lipinski definition) is 4. The smallest absolute Gasteiger partial charge is 0.134 e. The van der Waals surface area contributed by atoms with Crippen LogP contribution in [0, 0.1) is 11.8 Å². The maximum absolute atomic E-state index is 4.46. The summed E-state index contributed by atoms with van der Waals surface area (Å²) in [6.45, 7) is 5.50. The molecule has 1 N–H and O–H groups in total. The Morgan fingerprint density at radius 3 is 2.67 bits per heavy atom. The van der Waals surface area contributed by atoms with Crippen molar-refractivity contribution in [2.75, 3.05) is 6.54 Å². The van der Waals surface area contributed by atoms with E-state index in [1.807, 2.05) is 11.3 Å². The number of nitrogens with one attached hydrogen (secondary N) is 1. The molecule has 2 aliphatic carbocycles. The first-order chi connectivity index (χ1) is 8.81. The van der Waals surface area contributed by atoms with Gasteiger partial charge in [-0.3, -0.25) is 0 Å². The number of hydrogen-bond donors (Lipinski definition) is 1. The van der Waals surface area contributed by atoms with Crippen molar-refractivity contribution >= 4 is 11.3 Å². The fourth-order valence-electron chi connectivity index (χ4n) is 3.19. The van der Waals surface area contributed by atoms with Crippen LogP contribution in [0.5, 0.6) is 0 Å². The molecule has 0 amide bonds. The van der Waals surface area contributed by atoms with Gasteiger partial charge < -0.3 is 5.32 Å². The maximum atomic E-state index is 4.46. The van der Waals surface area contributed by atoms with Crippen molar-refractivity contribution in [3.63, 3.8) is 0 Å². The fraction of sp³-hybridized carbons (Fsp3) is 0.857. The molecule has 1 aromatic heterocycles. The molecule has 3 nitrogen and oxygen atoms in total. The largest absolute Gasteiger partial charge is 0.308 e. The van der Waals surface area contributed by atoms with E-state index in [-0.39, 0.29) is 0 Å². The average Bonchev–Trinajstić information content (AvgIpc) is 2.84. The maximum Gasteiger partial charge on any atom is 0.134 e. The Morgan fingerprint density at radius 2 is 2.00 bits per heavy atom. The molecular weight excluding hydrogens is 242 g/mol. The SMILES string of the molecule is CCCNC(CC)c1nnc(C2CC3CC3C2)s1. The van der Waals surface area contributed by atoms with Crippen molar-refractivity contribution in [3.8, 4) is 0 Å². The summed E-state index contributed by atoms with van der Waals surface area (Å²) >= 11 is 1.85. The minimum Gasteiger partial charge on any atom is -0.308 e. The van der Waals surface area contributed by atoms with Crippen LogP contribution >= 0.6 is 11.3 Å². The van der Waals surface area contributed by atoms with E-state index < -0.39 is 0 Å². The van der Waals surface area contributed by atoms with Crippen molar-refractivity contribution in [2.24, 2.45) is 11.8 Å². The molecule has 2 fully saturated rings. The van der Waals surface area contributed by atoms with Gasteiger partial charge in [0.1, 0.15) is 10.0 Å². The Bertz CT molecular complexity index is 393. The van der Waals surface area contributed by atoms with Crippen LogP contribution in [0.2, 0.25) is 0 Å². The summed E-state index contributed by atoms with van der Waals surface area (Å²) in [5, 5.41) is 14.9. The van der Waals surface area contributed by atoms with Crippen LogP contribution in [0.4, 0.5) is 0 Å². The van der Waals surface area contributed by atoms with E-state index >= 15 is 0 Å². The van der Waals surface area contributed by atoms with Gasteiger partial charge in [0, 0.05) is 5.92 Å². The van der Waals surface area contributed by atoms with Crippen molar-refractivity contribution in [1.82, 2.24) is 15.5 Å². The van der Waals surface area contributed by atoms with Gasteiger partial charge in [-0.05, 0) is 50.5 Å². The summed E-state index contributed by atoms with van der Waals surface area (Å²) < 4.78 is 0. The summed E-state index contributed by atoms with van der Waals surface area (Å²) in [6, 6.07) is 0.409. The Hall–Kier alpha value is -0.480. The summed E-state index contributed by atoms with van der Waals surface area (Å²) in [7, 11) is 0. The molecule has 0 spiro atoms. The van der Waals surface area contributed by atoms with Crippen LogP contribution in [0.3, 0.4) is 0 Å². The minimum atomic E-state index is 0.409.